The van der Waals surface area contributed by atoms with E-state index in [1.165, 1.54) is 0 Å². The average molecular weight is 205 g/mol. The van der Waals surface area contributed by atoms with Crippen molar-refractivity contribution in [2.24, 2.45) is 0 Å². The van der Waals surface area contributed by atoms with Crippen molar-refractivity contribution in [2.45, 2.75) is 25.9 Å². The minimum Gasteiger partial charge on any atom is -0.389 e. The number of rotatable bonds is 5. The fraction of sp³-hybridized carbons (Fsp3) is 0.889. The Morgan fingerprint density at radius 1 is 1.54 bits per heavy atom. The topological polar surface area (TPSA) is 40.5 Å². The maximum Gasteiger partial charge on any atom is 0.223 e. The highest BCUT2D eigenvalue weighted by Crippen LogP contribution is 2.05. The summed E-state index contributed by atoms with van der Waals surface area (Å²) in [5.41, 5.74) is -0.802. The Morgan fingerprint density at radius 2 is 2.08 bits per heavy atom. The molecule has 13 heavy (non-hydrogen) atoms. The van der Waals surface area contributed by atoms with Crippen LogP contribution in [0.2, 0.25) is 0 Å². The molecule has 0 unspecified atom stereocenters. The van der Waals surface area contributed by atoms with Gasteiger partial charge in [0.15, 0.2) is 0 Å². The highest BCUT2D eigenvalue weighted by atomic mass is 32.2. The van der Waals surface area contributed by atoms with Crippen molar-refractivity contribution in [1.29, 1.82) is 0 Å². The highest BCUT2D eigenvalue weighted by molar-refractivity contribution is 7.98. The summed E-state index contributed by atoms with van der Waals surface area (Å²) < 4.78 is 0. The first-order valence-electron chi connectivity index (χ1n) is 4.32. The molecule has 3 nitrogen and oxygen atoms in total. The maximum atomic E-state index is 11.4. The summed E-state index contributed by atoms with van der Waals surface area (Å²) >= 11 is 1.66. The summed E-state index contributed by atoms with van der Waals surface area (Å²) in [6.45, 7) is 3.79. The zero-order chi connectivity index (χ0) is 10.5. The van der Waals surface area contributed by atoms with Crippen LogP contribution in [0.1, 0.15) is 20.3 Å². The molecular formula is C9H19NO2S. The molecule has 4 heteroatoms. The van der Waals surface area contributed by atoms with Crippen LogP contribution >= 0.6 is 11.8 Å². The molecular weight excluding hydrogens is 186 g/mol. The van der Waals surface area contributed by atoms with Gasteiger partial charge in [-0.05, 0) is 20.1 Å². The summed E-state index contributed by atoms with van der Waals surface area (Å²) in [6.07, 6.45) is 2.52. The van der Waals surface area contributed by atoms with Crippen LogP contribution in [0.5, 0.6) is 0 Å². The number of carbonyl (C=O) groups excluding carboxylic acids is 1. The van der Waals surface area contributed by atoms with Crippen LogP contribution in [0.3, 0.4) is 0 Å². The van der Waals surface area contributed by atoms with E-state index in [1.54, 1.807) is 37.6 Å². The van der Waals surface area contributed by atoms with Crippen molar-refractivity contribution in [1.82, 2.24) is 4.90 Å². The number of thioether (sulfide) groups is 1. The van der Waals surface area contributed by atoms with Crippen LogP contribution in [0, 0.1) is 0 Å². The van der Waals surface area contributed by atoms with Gasteiger partial charge in [0.2, 0.25) is 5.91 Å². The Bertz CT molecular complexity index is 165. The quantitative estimate of drug-likeness (QED) is 0.727. The van der Waals surface area contributed by atoms with E-state index in [-0.39, 0.29) is 5.91 Å². The van der Waals surface area contributed by atoms with Crippen molar-refractivity contribution >= 4 is 17.7 Å². The Balaban J connectivity index is 3.83. The Morgan fingerprint density at radius 3 is 2.46 bits per heavy atom. The molecule has 0 aromatic heterocycles. The Kier molecular flexibility index (Phi) is 5.40. The molecule has 0 saturated heterocycles. The van der Waals surface area contributed by atoms with Crippen molar-refractivity contribution in [3.63, 3.8) is 0 Å². The molecule has 0 bridgehead atoms. The molecule has 0 saturated carbocycles. The lowest BCUT2D eigenvalue weighted by atomic mass is 10.1. The van der Waals surface area contributed by atoms with E-state index >= 15 is 0 Å². The molecule has 0 fully saturated rings. The van der Waals surface area contributed by atoms with Gasteiger partial charge < -0.3 is 10.0 Å². The fourth-order valence-corrected chi connectivity index (χ4v) is 1.43. The van der Waals surface area contributed by atoms with Gasteiger partial charge in [0.05, 0.1) is 5.60 Å². The predicted molar refractivity (Wildman–Crippen MR) is 56.9 cm³/mol. The summed E-state index contributed by atoms with van der Waals surface area (Å²) in [5, 5.41) is 9.46. The fourth-order valence-electron chi connectivity index (χ4n) is 1.05. The number of likely N-dealkylation sites (N-methyl/N-ethyl adjacent to an activating group) is 1. The number of carbonyl (C=O) groups is 1. The first kappa shape index (κ1) is 12.8. The molecule has 0 spiro atoms. The lowest BCUT2D eigenvalue weighted by Crippen LogP contribution is -2.39. The zero-order valence-electron chi connectivity index (χ0n) is 8.83. The van der Waals surface area contributed by atoms with Crippen molar-refractivity contribution in [3.05, 3.63) is 0 Å². The number of amides is 1. The lowest BCUT2D eigenvalue weighted by Gasteiger charge is -2.25. The smallest absolute Gasteiger partial charge is 0.223 e. The third kappa shape index (κ3) is 6.90. The van der Waals surface area contributed by atoms with Crippen LogP contribution in [0.25, 0.3) is 0 Å². The van der Waals surface area contributed by atoms with E-state index in [9.17, 15) is 9.90 Å². The standard InChI is InChI=1S/C9H19NO2S/c1-9(2,12)7-10(3)8(11)5-6-13-4/h12H,5-7H2,1-4H3. The normalized spacial score (nSPS) is 11.5. The molecule has 1 amide bonds. The number of hydrogen-bond donors (Lipinski definition) is 1. The van der Waals surface area contributed by atoms with E-state index in [0.29, 0.717) is 13.0 Å². The summed E-state index contributed by atoms with van der Waals surface area (Å²) in [7, 11) is 1.72. The molecule has 0 aromatic rings. The molecule has 0 heterocycles. The van der Waals surface area contributed by atoms with E-state index < -0.39 is 5.60 Å². The summed E-state index contributed by atoms with van der Waals surface area (Å²) in [5.74, 6) is 0.936. The van der Waals surface area contributed by atoms with E-state index in [2.05, 4.69) is 0 Å². The van der Waals surface area contributed by atoms with Gasteiger partial charge in [-0.3, -0.25) is 4.79 Å². The van der Waals surface area contributed by atoms with Gasteiger partial charge in [-0.1, -0.05) is 0 Å². The van der Waals surface area contributed by atoms with Crippen molar-refractivity contribution in [2.75, 3.05) is 25.6 Å². The molecule has 0 aliphatic heterocycles. The van der Waals surface area contributed by atoms with Gasteiger partial charge in [0, 0.05) is 25.8 Å². The SMILES string of the molecule is CSCCC(=O)N(C)CC(C)(C)O. The zero-order valence-corrected chi connectivity index (χ0v) is 9.65. The third-order valence-corrected chi connectivity index (χ3v) is 2.18. The Labute approximate surface area is 84.5 Å². The molecule has 0 atom stereocenters. The summed E-state index contributed by atoms with van der Waals surface area (Å²) in [6, 6.07) is 0. The average Bonchev–Trinajstić information content (AvgIpc) is 1.96. The number of aliphatic hydroxyl groups is 1. The van der Waals surface area contributed by atoms with E-state index in [1.807, 2.05) is 6.26 Å². The van der Waals surface area contributed by atoms with Gasteiger partial charge >= 0.3 is 0 Å². The van der Waals surface area contributed by atoms with E-state index in [4.69, 9.17) is 0 Å². The molecule has 1 N–H and O–H groups in total. The van der Waals surface area contributed by atoms with Crippen LogP contribution in [0.15, 0.2) is 0 Å². The van der Waals surface area contributed by atoms with E-state index in [0.717, 1.165) is 5.75 Å². The minimum absolute atomic E-state index is 0.0940. The van der Waals surface area contributed by atoms with Crippen LogP contribution < -0.4 is 0 Å². The largest absolute Gasteiger partial charge is 0.389 e. The second-order valence-electron chi connectivity index (χ2n) is 3.81. The molecule has 0 aromatic carbocycles. The van der Waals surface area contributed by atoms with Crippen LogP contribution in [-0.2, 0) is 4.79 Å². The van der Waals surface area contributed by atoms with Crippen molar-refractivity contribution in [3.8, 4) is 0 Å². The van der Waals surface area contributed by atoms with Gasteiger partial charge in [-0.25, -0.2) is 0 Å². The molecule has 0 rings (SSSR count). The molecule has 0 radical (unpaired) electrons. The molecule has 0 aliphatic carbocycles. The van der Waals surface area contributed by atoms with Gasteiger partial charge in [0.1, 0.15) is 0 Å². The third-order valence-electron chi connectivity index (χ3n) is 1.57. The number of nitrogens with zero attached hydrogens (tertiary/aromatic N) is 1. The lowest BCUT2D eigenvalue weighted by molar-refractivity contribution is -0.132. The minimum atomic E-state index is -0.802. The van der Waals surface area contributed by atoms with Gasteiger partial charge in [-0.15, -0.1) is 0 Å². The number of hydrogen-bond acceptors (Lipinski definition) is 3. The second-order valence-corrected chi connectivity index (χ2v) is 4.79. The molecule has 0 aliphatic rings. The maximum absolute atomic E-state index is 11.4. The first-order chi connectivity index (χ1) is 5.87. The Hall–Kier alpha value is -0.220. The van der Waals surface area contributed by atoms with Crippen molar-refractivity contribution < 1.29 is 9.90 Å². The summed E-state index contributed by atoms with van der Waals surface area (Å²) in [4.78, 5) is 13.0. The predicted octanol–water partition coefficient (Wildman–Crippen LogP) is 0.969. The van der Waals surface area contributed by atoms with Crippen LogP contribution in [-0.4, -0.2) is 47.1 Å². The molecule has 78 valence electrons. The van der Waals surface area contributed by atoms with Crippen LogP contribution in [0.4, 0.5) is 0 Å². The first-order valence-corrected chi connectivity index (χ1v) is 5.71. The monoisotopic (exact) mass is 205 g/mol. The second kappa shape index (κ2) is 5.50. The highest BCUT2D eigenvalue weighted by Gasteiger charge is 2.18. The van der Waals surface area contributed by atoms with Gasteiger partial charge in [0.25, 0.3) is 0 Å². The van der Waals surface area contributed by atoms with Gasteiger partial charge in [-0.2, -0.15) is 11.8 Å².